The molecule has 16 heavy (non-hydrogen) atoms. The Morgan fingerprint density at radius 2 is 2.06 bits per heavy atom. The standard InChI is InChI=1S/C13H14N2O/c1-2-4-13(5-3-1)15-7-12(14-10-15)6-11-8-16-9-11/h1-5,7,10-11H,6,8-9H2. The Kier molecular flexibility index (Phi) is 2.46. The maximum Gasteiger partial charge on any atom is 0.0995 e. The van der Waals surface area contributed by atoms with Crippen molar-refractivity contribution in [2.24, 2.45) is 5.92 Å². The smallest absolute Gasteiger partial charge is 0.0995 e. The number of rotatable bonds is 3. The van der Waals surface area contributed by atoms with Crippen molar-refractivity contribution in [1.82, 2.24) is 9.55 Å². The van der Waals surface area contributed by atoms with E-state index in [1.165, 1.54) is 0 Å². The molecule has 0 saturated carbocycles. The molecule has 0 amide bonds. The van der Waals surface area contributed by atoms with E-state index in [9.17, 15) is 0 Å². The molecule has 3 heteroatoms. The predicted molar refractivity (Wildman–Crippen MR) is 61.6 cm³/mol. The molecule has 1 aliphatic heterocycles. The largest absolute Gasteiger partial charge is 0.381 e. The van der Waals surface area contributed by atoms with Gasteiger partial charge >= 0.3 is 0 Å². The van der Waals surface area contributed by atoms with Crippen LogP contribution in [0.25, 0.3) is 5.69 Å². The van der Waals surface area contributed by atoms with Crippen LogP contribution in [0.4, 0.5) is 0 Å². The molecule has 0 spiro atoms. The lowest BCUT2D eigenvalue weighted by molar-refractivity contribution is -0.0316. The molecule has 1 aromatic heterocycles. The molecule has 1 aromatic carbocycles. The van der Waals surface area contributed by atoms with Crippen LogP contribution in [0.2, 0.25) is 0 Å². The lowest BCUT2D eigenvalue weighted by atomic mass is 10.0. The summed E-state index contributed by atoms with van der Waals surface area (Å²) in [4.78, 5) is 4.42. The normalized spacial score (nSPS) is 16.0. The van der Waals surface area contributed by atoms with Crippen molar-refractivity contribution >= 4 is 0 Å². The number of benzene rings is 1. The Balaban J connectivity index is 1.77. The van der Waals surface area contributed by atoms with Crippen molar-refractivity contribution in [2.45, 2.75) is 6.42 Å². The lowest BCUT2D eigenvalue weighted by Gasteiger charge is -2.24. The third-order valence-electron chi connectivity index (χ3n) is 2.90. The van der Waals surface area contributed by atoms with E-state index in [1.54, 1.807) is 0 Å². The van der Waals surface area contributed by atoms with Gasteiger partial charge in [0.15, 0.2) is 0 Å². The maximum atomic E-state index is 5.16. The van der Waals surface area contributed by atoms with E-state index in [0.717, 1.165) is 31.0 Å². The third-order valence-corrected chi connectivity index (χ3v) is 2.90. The molecule has 0 aliphatic carbocycles. The zero-order valence-corrected chi connectivity index (χ0v) is 9.04. The van der Waals surface area contributed by atoms with Crippen LogP contribution in [0.3, 0.4) is 0 Å². The molecule has 3 nitrogen and oxygen atoms in total. The maximum absolute atomic E-state index is 5.16. The first-order valence-electron chi connectivity index (χ1n) is 5.58. The molecule has 1 fully saturated rings. The highest BCUT2D eigenvalue weighted by Gasteiger charge is 2.19. The van der Waals surface area contributed by atoms with Gasteiger partial charge in [-0.15, -0.1) is 0 Å². The van der Waals surface area contributed by atoms with Gasteiger partial charge in [0.1, 0.15) is 0 Å². The monoisotopic (exact) mass is 214 g/mol. The highest BCUT2D eigenvalue weighted by atomic mass is 16.5. The fourth-order valence-electron chi connectivity index (χ4n) is 1.91. The number of hydrogen-bond donors (Lipinski definition) is 0. The summed E-state index contributed by atoms with van der Waals surface area (Å²) in [5.41, 5.74) is 2.31. The Morgan fingerprint density at radius 1 is 1.25 bits per heavy atom. The summed E-state index contributed by atoms with van der Waals surface area (Å²) in [6, 6.07) is 10.3. The van der Waals surface area contributed by atoms with Gasteiger partial charge in [0.25, 0.3) is 0 Å². The van der Waals surface area contributed by atoms with Gasteiger partial charge in [0.2, 0.25) is 0 Å². The first-order valence-corrected chi connectivity index (χ1v) is 5.58. The van der Waals surface area contributed by atoms with Crippen molar-refractivity contribution in [1.29, 1.82) is 0 Å². The Morgan fingerprint density at radius 3 is 2.75 bits per heavy atom. The van der Waals surface area contributed by atoms with Crippen LogP contribution in [0, 0.1) is 5.92 Å². The van der Waals surface area contributed by atoms with Gasteiger partial charge in [-0.2, -0.15) is 0 Å². The second-order valence-corrected chi connectivity index (χ2v) is 4.22. The van der Waals surface area contributed by atoms with E-state index in [4.69, 9.17) is 4.74 Å². The zero-order chi connectivity index (χ0) is 10.8. The Hall–Kier alpha value is -1.61. The lowest BCUT2D eigenvalue weighted by Crippen LogP contribution is -2.29. The van der Waals surface area contributed by atoms with Gasteiger partial charge in [0.05, 0.1) is 25.2 Å². The zero-order valence-electron chi connectivity index (χ0n) is 9.04. The molecule has 0 unspecified atom stereocenters. The number of nitrogens with zero attached hydrogens (tertiary/aromatic N) is 2. The number of aromatic nitrogens is 2. The molecule has 0 N–H and O–H groups in total. The van der Waals surface area contributed by atoms with Crippen LogP contribution in [-0.2, 0) is 11.2 Å². The fraction of sp³-hybridized carbons (Fsp3) is 0.308. The molecule has 0 atom stereocenters. The van der Waals surface area contributed by atoms with E-state index in [1.807, 2.05) is 24.5 Å². The molecule has 3 rings (SSSR count). The number of para-hydroxylation sites is 1. The third kappa shape index (κ3) is 1.86. The van der Waals surface area contributed by atoms with Crippen molar-refractivity contribution in [3.63, 3.8) is 0 Å². The molecule has 0 bridgehead atoms. The molecule has 2 aromatic rings. The van der Waals surface area contributed by atoms with E-state index >= 15 is 0 Å². The quantitative estimate of drug-likeness (QED) is 0.782. The van der Waals surface area contributed by atoms with Gasteiger partial charge in [-0.05, 0) is 18.6 Å². The molecule has 0 radical (unpaired) electrons. The van der Waals surface area contributed by atoms with Crippen molar-refractivity contribution in [3.8, 4) is 5.69 Å². The average molecular weight is 214 g/mol. The van der Waals surface area contributed by atoms with E-state index in [2.05, 4.69) is 27.9 Å². The summed E-state index contributed by atoms with van der Waals surface area (Å²) in [6.45, 7) is 1.77. The minimum Gasteiger partial charge on any atom is -0.381 e. The average Bonchev–Trinajstić information content (AvgIpc) is 2.73. The topological polar surface area (TPSA) is 27.1 Å². The first kappa shape index (κ1) is 9.60. The Labute approximate surface area is 94.7 Å². The van der Waals surface area contributed by atoms with Crippen LogP contribution in [-0.4, -0.2) is 22.8 Å². The highest BCUT2D eigenvalue weighted by Crippen LogP contribution is 2.16. The van der Waals surface area contributed by atoms with Crippen molar-refractivity contribution in [2.75, 3.05) is 13.2 Å². The van der Waals surface area contributed by atoms with Gasteiger partial charge < -0.3 is 9.30 Å². The van der Waals surface area contributed by atoms with E-state index in [-0.39, 0.29) is 0 Å². The number of imidazole rings is 1. The molecular formula is C13H14N2O. The van der Waals surface area contributed by atoms with Crippen LogP contribution in [0.15, 0.2) is 42.9 Å². The van der Waals surface area contributed by atoms with Crippen LogP contribution in [0.5, 0.6) is 0 Å². The van der Waals surface area contributed by atoms with Crippen molar-refractivity contribution in [3.05, 3.63) is 48.5 Å². The van der Waals surface area contributed by atoms with Crippen LogP contribution < -0.4 is 0 Å². The minimum absolute atomic E-state index is 0.666. The van der Waals surface area contributed by atoms with Gasteiger partial charge in [0, 0.05) is 17.8 Å². The van der Waals surface area contributed by atoms with Crippen molar-refractivity contribution < 1.29 is 4.74 Å². The summed E-state index contributed by atoms with van der Waals surface area (Å²) < 4.78 is 7.23. The fourth-order valence-corrected chi connectivity index (χ4v) is 1.91. The van der Waals surface area contributed by atoms with E-state index < -0.39 is 0 Å². The summed E-state index contributed by atoms with van der Waals surface area (Å²) in [5, 5.41) is 0. The summed E-state index contributed by atoms with van der Waals surface area (Å²) >= 11 is 0. The van der Waals surface area contributed by atoms with Crippen LogP contribution in [0.1, 0.15) is 5.69 Å². The predicted octanol–water partition coefficient (Wildman–Crippen LogP) is 2.06. The molecule has 2 heterocycles. The second-order valence-electron chi connectivity index (χ2n) is 4.22. The van der Waals surface area contributed by atoms with Gasteiger partial charge in [-0.25, -0.2) is 4.98 Å². The summed E-state index contributed by atoms with van der Waals surface area (Å²) in [6.07, 6.45) is 5.01. The molecule has 82 valence electrons. The number of ether oxygens (including phenoxy) is 1. The molecule has 1 saturated heterocycles. The second kappa shape index (κ2) is 4.10. The van der Waals surface area contributed by atoms with Crippen LogP contribution >= 0.6 is 0 Å². The number of hydrogen-bond acceptors (Lipinski definition) is 2. The SMILES string of the molecule is c1ccc(-n2cnc(CC3COC3)c2)cc1. The van der Waals surface area contributed by atoms with Gasteiger partial charge in [-0.3, -0.25) is 0 Å². The summed E-state index contributed by atoms with van der Waals surface area (Å²) in [5.74, 6) is 0.666. The highest BCUT2D eigenvalue weighted by molar-refractivity contribution is 5.31. The molecule has 1 aliphatic rings. The van der Waals surface area contributed by atoms with Gasteiger partial charge in [-0.1, -0.05) is 18.2 Å². The summed E-state index contributed by atoms with van der Waals surface area (Å²) in [7, 11) is 0. The first-order chi connectivity index (χ1) is 7.92. The minimum atomic E-state index is 0.666. The molecular weight excluding hydrogens is 200 g/mol. The Bertz CT molecular complexity index is 460. The van der Waals surface area contributed by atoms with E-state index in [0.29, 0.717) is 5.92 Å².